The molecule has 0 atom stereocenters. The van der Waals surface area contributed by atoms with Gasteiger partial charge in [-0.25, -0.2) is 0 Å². The van der Waals surface area contributed by atoms with E-state index in [0.29, 0.717) is 15.7 Å². The molecule has 0 amide bonds. The molecule has 2 rings (SSSR count). The second kappa shape index (κ2) is 5.21. The van der Waals surface area contributed by atoms with Gasteiger partial charge in [0.2, 0.25) is 0 Å². The Morgan fingerprint density at radius 2 is 1.82 bits per heavy atom. The van der Waals surface area contributed by atoms with Crippen molar-refractivity contribution < 1.29 is 5.11 Å². The van der Waals surface area contributed by atoms with Gasteiger partial charge >= 0.3 is 0 Å². The highest BCUT2D eigenvalue weighted by Crippen LogP contribution is 2.31. The Labute approximate surface area is 109 Å². The Morgan fingerprint density at radius 1 is 1.06 bits per heavy atom. The van der Waals surface area contributed by atoms with Crippen LogP contribution in [0.25, 0.3) is 0 Å². The molecular weight excluding hydrogens is 257 g/mol. The topological polar surface area (TPSA) is 32.6 Å². The highest BCUT2D eigenvalue weighted by molar-refractivity contribution is 6.43. The Bertz CT molecular complexity index is 567. The van der Waals surface area contributed by atoms with Gasteiger partial charge in [0.1, 0.15) is 5.75 Å². The van der Waals surface area contributed by atoms with Crippen molar-refractivity contribution in [2.24, 2.45) is 4.99 Å². The minimum absolute atomic E-state index is 0.200. The van der Waals surface area contributed by atoms with Crippen molar-refractivity contribution in [3.63, 3.8) is 0 Å². The number of rotatable bonds is 2. The number of nitrogens with zero attached hydrogens (tertiary/aromatic N) is 1. The predicted molar refractivity (Wildman–Crippen MR) is 71.8 cm³/mol. The highest BCUT2D eigenvalue weighted by atomic mass is 35.5. The molecule has 17 heavy (non-hydrogen) atoms. The first-order chi connectivity index (χ1) is 8.16. The van der Waals surface area contributed by atoms with Crippen molar-refractivity contribution in [3.05, 3.63) is 58.1 Å². The number of hydrogen-bond acceptors (Lipinski definition) is 2. The van der Waals surface area contributed by atoms with Crippen molar-refractivity contribution in [2.45, 2.75) is 0 Å². The highest BCUT2D eigenvalue weighted by Gasteiger charge is 2.01. The largest absolute Gasteiger partial charge is 0.508 e. The molecule has 0 radical (unpaired) electrons. The SMILES string of the molecule is Oc1cccc(C=Nc2cccc(Cl)c2Cl)c1. The lowest BCUT2D eigenvalue weighted by atomic mass is 10.2. The summed E-state index contributed by atoms with van der Waals surface area (Å²) in [5, 5.41) is 10.2. The Hall–Kier alpha value is -1.51. The van der Waals surface area contributed by atoms with Gasteiger partial charge < -0.3 is 5.11 Å². The Kier molecular flexibility index (Phi) is 3.67. The lowest BCUT2D eigenvalue weighted by molar-refractivity contribution is 0.475. The van der Waals surface area contributed by atoms with Gasteiger partial charge in [-0.15, -0.1) is 0 Å². The van der Waals surface area contributed by atoms with E-state index in [1.54, 1.807) is 42.6 Å². The fourth-order valence-corrected chi connectivity index (χ4v) is 1.69. The van der Waals surface area contributed by atoms with Crippen LogP contribution in [0, 0.1) is 0 Å². The third-order valence-electron chi connectivity index (χ3n) is 2.15. The van der Waals surface area contributed by atoms with E-state index in [1.807, 2.05) is 6.07 Å². The average molecular weight is 266 g/mol. The molecule has 0 saturated carbocycles. The van der Waals surface area contributed by atoms with E-state index in [4.69, 9.17) is 23.2 Å². The van der Waals surface area contributed by atoms with Crippen molar-refractivity contribution >= 4 is 35.1 Å². The van der Waals surface area contributed by atoms with Crippen LogP contribution in [0.2, 0.25) is 10.0 Å². The minimum atomic E-state index is 0.200. The van der Waals surface area contributed by atoms with Crippen molar-refractivity contribution in [2.75, 3.05) is 0 Å². The number of aliphatic imine (C=N–C) groups is 1. The van der Waals surface area contributed by atoms with E-state index in [0.717, 1.165) is 5.56 Å². The minimum Gasteiger partial charge on any atom is -0.508 e. The summed E-state index contributed by atoms with van der Waals surface area (Å²) in [5.74, 6) is 0.200. The van der Waals surface area contributed by atoms with Crippen molar-refractivity contribution in [1.82, 2.24) is 0 Å². The summed E-state index contributed by atoms with van der Waals surface area (Å²) in [6.45, 7) is 0. The van der Waals surface area contributed by atoms with Crippen LogP contribution in [-0.4, -0.2) is 11.3 Å². The summed E-state index contributed by atoms with van der Waals surface area (Å²) >= 11 is 11.9. The summed E-state index contributed by atoms with van der Waals surface area (Å²) < 4.78 is 0. The fourth-order valence-electron chi connectivity index (χ4n) is 1.34. The van der Waals surface area contributed by atoms with Gasteiger partial charge in [-0.3, -0.25) is 4.99 Å². The van der Waals surface area contributed by atoms with E-state index in [9.17, 15) is 5.11 Å². The van der Waals surface area contributed by atoms with Gasteiger partial charge in [0, 0.05) is 6.21 Å². The van der Waals surface area contributed by atoms with Crippen LogP contribution in [0.15, 0.2) is 47.5 Å². The fraction of sp³-hybridized carbons (Fsp3) is 0. The Morgan fingerprint density at radius 3 is 2.59 bits per heavy atom. The lowest BCUT2D eigenvalue weighted by Crippen LogP contribution is -1.79. The third-order valence-corrected chi connectivity index (χ3v) is 2.96. The zero-order valence-corrected chi connectivity index (χ0v) is 10.3. The molecule has 0 aliphatic rings. The molecule has 2 aromatic carbocycles. The van der Waals surface area contributed by atoms with Crippen LogP contribution >= 0.6 is 23.2 Å². The number of halogens is 2. The van der Waals surface area contributed by atoms with E-state index in [2.05, 4.69) is 4.99 Å². The molecule has 1 N–H and O–H groups in total. The molecule has 0 aliphatic carbocycles. The third kappa shape index (κ3) is 2.99. The first kappa shape index (κ1) is 12.0. The second-order valence-electron chi connectivity index (χ2n) is 3.43. The van der Waals surface area contributed by atoms with Gasteiger partial charge in [-0.1, -0.05) is 41.4 Å². The maximum atomic E-state index is 9.30. The standard InChI is InChI=1S/C13H9Cl2NO/c14-11-5-2-6-12(13(11)15)16-8-9-3-1-4-10(17)7-9/h1-8,17H. The van der Waals surface area contributed by atoms with E-state index in [1.165, 1.54) is 0 Å². The van der Waals surface area contributed by atoms with Crippen molar-refractivity contribution in [3.8, 4) is 5.75 Å². The van der Waals surface area contributed by atoms with Gasteiger partial charge in [-0.05, 0) is 29.8 Å². The van der Waals surface area contributed by atoms with Crippen LogP contribution in [-0.2, 0) is 0 Å². The zero-order valence-electron chi connectivity index (χ0n) is 8.77. The Balaban J connectivity index is 2.29. The molecule has 0 aromatic heterocycles. The number of aromatic hydroxyl groups is 1. The summed E-state index contributed by atoms with van der Waals surface area (Å²) in [6.07, 6.45) is 1.62. The normalized spacial score (nSPS) is 10.9. The molecule has 0 spiro atoms. The second-order valence-corrected chi connectivity index (χ2v) is 4.21. The number of hydrogen-bond donors (Lipinski definition) is 1. The van der Waals surface area contributed by atoms with E-state index >= 15 is 0 Å². The molecule has 0 saturated heterocycles. The summed E-state index contributed by atoms with van der Waals surface area (Å²) in [6, 6.07) is 12.1. The van der Waals surface area contributed by atoms with E-state index in [-0.39, 0.29) is 5.75 Å². The summed E-state index contributed by atoms with van der Waals surface area (Å²) in [5.41, 5.74) is 1.39. The number of phenolic OH excluding ortho intramolecular Hbond substituents is 1. The molecule has 0 heterocycles. The number of phenols is 1. The van der Waals surface area contributed by atoms with Gasteiger partial charge in [0.15, 0.2) is 0 Å². The van der Waals surface area contributed by atoms with Crippen LogP contribution in [0.1, 0.15) is 5.56 Å². The number of benzene rings is 2. The van der Waals surface area contributed by atoms with Crippen LogP contribution in [0.4, 0.5) is 5.69 Å². The molecule has 0 aliphatic heterocycles. The summed E-state index contributed by atoms with van der Waals surface area (Å²) in [7, 11) is 0. The molecule has 2 aromatic rings. The lowest BCUT2D eigenvalue weighted by Gasteiger charge is -1.99. The average Bonchev–Trinajstić information content (AvgIpc) is 2.31. The predicted octanol–water partition coefficient (Wildman–Crippen LogP) is 4.45. The zero-order chi connectivity index (χ0) is 12.3. The summed E-state index contributed by atoms with van der Waals surface area (Å²) in [4.78, 5) is 4.23. The molecule has 4 heteroatoms. The van der Waals surface area contributed by atoms with Gasteiger partial charge in [0.05, 0.1) is 15.7 Å². The monoisotopic (exact) mass is 265 g/mol. The maximum absolute atomic E-state index is 9.30. The molecular formula is C13H9Cl2NO. The molecule has 0 bridgehead atoms. The molecule has 86 valence electrons. The smallest absolute Gasteiger partial charge is 0.116 e. The van der Waals surface area contributed by atoms with Gasteiger partial charge in [0.25, 0.3) is 0 Å². The van der Waals surface area contributed by atoms with Crippen LogP contribution in [0.5, 0.6) is 5.75 Å². The first-order valence-electron chi connectivity index (χ1n) is 4.94. The molecule has 2 nitrogen and oxygen atoms in total. The van der Waals surface area contributed by atoms with Crippen molar-refractivity contribution in [1.29, 1.82) is 0 Å². The van der Waals surface area contributed by atoms with E-state index < -0.39 is 0 Å². The maximum Gasteiger partial charge on any atom is 0.116 e. The first-order valence-corrected chi connectivity index (χ1v) is 5.69. The quantitative estimate of drug-likeness (QED) is 0.800. The molecule has 0 unspecified atom stereocenters. The van der Waals surface area contributed by atoms with Gasteiger partial charge in [-0.2, -0.15) is 0 Å². The van der Waals surface area contributed by atoms with Crippen LogP contribution < -0.4 is 0 Å². The molecule has 0 fully saturated rings. The van der Waals surface area contributed by atoms with Crippen LogP contribution in [0.3, 0.4) is 0 Å².